The van der Waals surface area contributed by atoms with Gasteiger partial charge in [0.2, 0.25) is 0 Å². The van der Waals surface area contributed by atoms with E-state index in [1.165, 1.54) is 4.31 Å². The smallest absolute Gasteiger partial charge is 0.286 e. The topological polar surface area (TPSA) is 58.6 Å². The zero-order chi connectivity index (χ0) is 11.2. The van der Waals surface area contributed by atoms with Gasteiger partial charge in [-0.15, -0.1) is 0 Å². The molecule has 0 aliphatic carbocycles. The highest BCUT2D eigenvalue weighted by Crippen LogP contribution is 1.97. The number of nitrogens with one attached hydrogen (secondary N) is 1. The summed E-state index contributed by atoms with van der Waals surface area (Å²) in [5.74, 6) is 0.300. The van der Waals surface area contributed by atoms with E-state index in [2.05, 4.69) is 4.89 Å². The summed E-state index contributed by atoms with van der Waals surface area (Å²) in [6.07, 6.45) is 0. The zero-order valence-corrected chi connectivity index (χ0v) is 10.1. The van der Waals surface area contributed by atoms with Crippen molar-refractivity contribution in [3.05, 3.63) is 0 Å². The third-order valence-electron chi connectivity index (χ3n) is 1.63. The molecule has 14 heavy (non-hydrogen) atoms. The maximum absolute atomic E-state index is 11.5. The summed E-state index contributed by atoms with van der Waals surface area (Å²) in [6, 6.07) is 0. The summed E-state index contributed by atoms with van der Waals surface area (Å²) in [5, 5.41) is 0. The van der Waals surface area contributed by atoms with Crippen molar-refractivity contribution >= 4 is 10.2 Å². The molecule has 0 aromatic carbocycles. The van der Waals surface area contributed by atoms with Gasteiger partial charge in [0.1, 0.15) is 0 Å². The number of rotatable bonds is 7. The monoisotopic (exact) mass is 224 g/mol. The summed E-state index contributed by atoms with van der Waals surface area (Å²) >= 11 is 0. The lowest BCUT2D eigenvalue weighted by molar-refractivity contribution is 0.0677. The molecule has 5 nitrogen and oxygen atoms in total. The molecule has 0 aliphatic heterocycles. The van der Waals surface area contributed by atoms with Crippen molar-refractivity contribution in [3.8, 4) is 0 Å². The Kier molecular flexibility index (Phi) is 6.26. The van der Waals surface area contributed by atoms with E-state index < -0.39 is 10.2 Å². The first kappa shape index (κ1) is 13.8. The molecule has 0 aromatic heterocycles. The molecule has 6 heteroatoms. The third-order valence-corrected chi connectivity index (χ3v) is 3.15. The molecule has 0 radical (unpaired) electrons. The van der Waals surface area contributed by atoms with E-state index >= 15 is 0 Å². The first-order chi connectivity index (χ1) is 6.44. The largest absolute Gasteiger partial charge is 0.301 e. The Morgan fingerprint density at radius 3 is 2.14 bits per heavy atom. The van der Waals surface area contributed by atoms with E-state index in [-0.39, 0.29) is 0 Å². The molecule has 0 aromatic rings. The zero-order valence-electron chi connectivity index (χ0n) is 9.28. The minimum absolute atomic E-state index is 0.300. The first-order valence-electron chi connectivity index (χ1n) is 4.82. The van der Waals surface area contributed by atoms with E-state index in [0.717, 1.165) is 0 Å². The Morgan fingerprint density at radius 2 is 1.79 bits per heavy atom. The lowest BCUT2D eigenvalue weighted by atomic mass is 10.2. The van der Waals surface area contributed by atoms with Gasteiger partial charge >= 0.3 is 10.2 Å². The van der Waals surface area contributed by atoms with Gasteiger partial charge in [0, 0.05) is 13.1 Å². The van der Waals surface area contributed by atoms with Gasteiger partial charge in [-0.3, -0.25) is 4.84 Å². The maximum atomic E-state index is 11.5. The van der Waals surface area contributed by atoms with Crippen LogP contribution in [0.1, 0.15) is 27.7 Å². The first-order valence-corrected chi connectivity index (χ1v) is 6.26. The van der Waals surface area contributed by atoms with E-state index in [9.17, 15) is 8.42 Å². The highest BCUT2D eigenvalue weighted by molar-refractivity contribution is 7.87. The van der Waals surface area contributed by atoms with Crippen LogP contribution in [0.3, 0.4) is 0 Å². The average molecular weight is 224 g/mol. The van der Waals surface area contributed by atoms with Gasteiger partial charge in [-0.2, -0.15) is 12.7 Å². The molecule has 0 spiro atoms. The molecule has 0 atom stereocenters. The molecular formula is C8H20N2O3S. The van der Waals surface area contributed by atoms with Crippen molar-refractivity contribution in [2.75, 3.05) is 19.7 Å². The molecular weight excluding hydrogens is 204 g/mol. The average Bonchev–Trinajstić information content (AvgIpc) is 2.04. The second kappa shape index (κ2) is 6.34. The summed E-state index contributed by atoms with van der Waals surface area (Å²) < 4.78 is 24.2. The molecule has 0 saturated carbocycles. The highest BCUT2D eigenvalue weighted by Gasteiger charge is 2.18. The van der Waals surface area contributed by atoms with Gasteiger partial charge in [0.25, 0.3) is 0 Å². The van der Waals surface area contributed by atoms with Gasteiger partial charge in [-0.1, -0.05) is 32.6 Å². The second-order valence-electron chi connectivity index (χ2n) is 3.38. The lowest BCUT2D eigenvalue weighted by Crippen LogP contribution is -2.40. The van der Waals surface area contributed by atoms with Crippen molar-refractivity contribution in [1.82, 2.24) is 9.19 Å². The SMILES string of the molecule is CCN(CC)S(=O)(=O)NOCC(C)C. The minimum atomic E-state index is -3.46. The van der Waals surface area contributed by atoms with Crippen molar-refractivity contribution in [2.24, 2.45) is 5.92 Å². The summed E-state index contributed by atoms with van der Waals surface area (Å²) in [5.41, 5.74) is 0. The minimum Gasteiger partial charge on any atom is -0.286 e. The van der Waals surface area contributed by atoms with E-state index in [0.29, 0.717) is 25.6 Å². The molecule has 0 fully saturated rings. The van der Waals surface area contributed by atoms with Crippen LogP contribution in [0, 0.1) is 5.92 Å². The molecule has 0 saturated heterocycles. The van der Waals surface area contributed by atoms with Crippen molar-refractivity contribution in [2.45, 2.75) is 27.7 Å². The van der Waals surface area contributed by atoms with Gasteiger partial charge in [-0.05, 0) is 5.92 Å². The Morgan fingerprint density at radius 1 is 1.29 bits per heavy atom. The van der Waals surface area contributed by atoms with Gasteiger partial charge in [0.05, 0.1) is 6.61 Å². The standard InChI is InChI=1S/C8H20N2O3S/c1-5-10(6-2)14(11,12)9-13-7-8(3)4/h8-9H,5-7H2,1-4H3. The summed E-state index contributed by atoms with van der Waals surface area (Å²) in [7, 11) is -3.46. The normalized spacial score (nSPS) is 12.7. The Hall–Kier alpha value is -0.170. The predicted octanol–water partition coefficient (Wildman–Crippen LogP) is 0.750. The molecule has 0 heterocycles. The van der Waals surface area contributed by atoms with Crippen LogP contribution in [0.25, 0.3) is 0 Å². The molecule has 1 N–H and O–H groups in total. The maximum Gasteiger partial charge on any atom is 0.301 e. The van der Waals surface area contributed by atoms with Gasteiger partial charge < -0.3 is 0 Å². The quantitative estimate of drug-likeness (QED) is 0.649. The predicted molar refractivity (Wildman–Crippen MR) is 55.8 cm³/mol. The Bertz CT molecular complexity index is 235. The van der Waals surface area contributed by atoms with Crippen LogP contribution in [0.5, 0.6) is 0 Å². The van der Waals surface area contributed by atoms with Crippen molar-refractivity contribution in [3.63, 3.8) is 0 Å². The van der Waals surface area contributed by atoms with Crippen LogP contribution >= 0.6 is 0 Å². The van der Waals surface area contributed by atoms with E-state index in [1.54, 1.807) is 13.8 Å². The van der Waals surface area contributed by atoms with Crippen LogP contribution < -0.4 is 4.89 Å². The fourth-order valence-corrected chi connectivity index (χ4v) is 1.89. The van der Waals surface area contributed by atoms with E-state index in [1.807, 2.05) is 13.8 Å². The molecule has 0 aliphatic rings. The van der Waals surface area contributed by atoms with Crippen LogP contribution in [0.2, 0.25) is 0 Å². The Labute approximate surface area is 86.6 Å². The fraction of sp³-hybridized carbons (Fsp3) is 1.00. The lowest BCUT2D eigenvalue weighted by Gasteiger charge is -2.18. The van der Waals surface area contributed by atoms with Crippen molar-refractivity contribution < 1.29 is 13.3 Å². The van der Waals surface area contributed by atoms with Crippen LogP contribution in [0.15, 0.2) is 0 Å². The fourth-order valence-electron chi connectivity index (χ4n) is 0.891. The third kappa shape index (κ3) is 4.90. The molecule has 0 bridgehead atoms. The van der Waals surface area contributed by atoms with Crippen LogP contribution in [-0.2, 0) is 15.0 Å². The molecule has 0 amide bonds. The number of nitrogens with zero attached hydrogens (tertiary/aromatic N) is 1. The van der Waals surface area contributed by atoms with E-state index in [4.69, 9.17) is 4.84 Å². The molecule has 0 unspecified atom stereocenters. The number of hydrogen-bond donors (Lipinski definition) is 1. The Balaban J connectivity index is 4.07. The van der Waals surface area contributed by atoms with Crippen LogP contribution in [-0.4, -0.2) is 32.4 Å². The number of hydrogen-bond acceptors (Lipinski definition) is 3. The second-order valence-corrected chi connectivity index (χ2v) is 5.01. The van der Waals surface area contributed by atoms with Gasteiger partial charge in [0.15, 0.2) is 0 Å². The molecule has 86 valence electrons. The summed E-state index contributed by atoms with van der Waals surface area (Å²) in [4.78, 5) is 6.96. The van der Waals surface area contributed by atoms with Crippen molar-refractivity contribution in [1.29, 1.82) is 0 Å². The molecule has 0 rings (SSSR count). The summed E-state index contributed by atoms with van der Waals surface area (Å²) in [6.45, 7) is 8.72. The van der Waals surface area contributed by atoms with Crippen LogP contribution in [0.4, 0.5) is 0 Å². The van der Waals surface area contributed by atoms with Gasteiger partial charge in [-0.25, -0.2) is 0 Å². The highest BCUT2D eigenvalue weighted by atomic mass is 32.2.